The maximum absolute atomic E-state index is 12.5. The van der Waals surface area contributed by atoms with Crippen LogP contribution in [0.5, 0.6) is 0 Å². The molecule has 8 nitrogen and oxygen atoms in total. The van der Waals surface area contributed by atoms with Gasteiger partial charge >= 0.3 is 5.69 Å². The Hall–Kier alpha value is -3.16. The van der Waals surface area contributed by atoms with E-state index >= 15 is 0 Å². The summed E-state index contributed by atoms with van der Waals surface area (Å²) >= 11 is 0. The van der Waals surface area contributed by atoms with Crippen LogP contribution in [-0.4, -0.2) is 24.6 Å². The number of carbonyl (C=O) groups excluding carboxylic acids is 1. The molecule has 0 saturated heterocycles. The molecule has 3 aromatic rings. The predicted octanol–water partition coefficient (Wildman–Crippen LogP) is -0.250. The van der Waals surface area contributed by atoms with Crippen molar-refractivity contribution in [2.45, 2.75) is 13.1 Å². The van der Waals surface area contributed by atoms with Crippen molar-refractivity contribution in [1.29, 1.82) is 0 Å². The SMILES string of the molecule is Cn1cnc2c1c(=O)n(CC(=O)NCc1ccccc1)c(=O)n2C. The van der Waals surface area contributed by atoms with Gasteiger partial charge in [-0.05, 0) is 5.56 Å². The fraction of sp³-hybridized carbons (Fsp3) is 0.250. The Bertz CT molecular complexity index is 1010. The smallest absolute Gasteiger partial charge is 0.332 e. The number of hydrogen-bond donors (Lipinski definition) is 1. The van der Waals surface area contributed by atoms with E-state index in [1.54, 1.807) is 7.05 Å². The molecular formula is C16H17N5O3. The normalized spacial score (nSPS) is 10.9. The van der Waals surface area contributed by atoms with E-state index in [0.29, 0.717) is 12.2 Å². The van der Waals surface area contributed by atoms with Gasteiger partial charge in [0.25, 0.3) is 5.56 Å². The summed E-state index contributed by atoms with van der Waals surface area (Å²) in [5.41, 5.74) is 0.429. The number of hydrogen-bond acceptors (Lipinski definition) is 4. The third kappa shape index (κ3) is 2.73. The van der Waals surface area contributed by atoms with Crippen LogP contribution in [0.15, 0.2) is 46.2 Å². The Labute approximate surface area is 137 Å². The first-order chi connectivity index (χ1) is 11.5. The Morgan fingerprint density at radius 1 is 1.17 bits per heavy atom. The molecule has 0 fully saturated rings. The highest BCUT2D eigenvalue weighted by Gasteiger charge is 2.16. The minimum atomic E-state index is -0.568. The highest BCUT2D eigenvalue weighted by Crippen LogP contribution is 2.03. The number of aryl methyl sites for hydroxylation is 2. The van der Waals surface area contributed by atoms with E-state index in [2.05, 4.69) is 10.3 Å². The second-order valence-corrected chi connectivity index (χ2v) is 5.52. The number of carbonyl (C=O) groups is 1. The molecule has 0 bridgehead atoms. The molecule has 1 aromatic carbocycles. The molecule has 1 N–H and O–H groups in total. The van der Waals surface area contributed by atoms with E-state index < -0.39 is 17.2 Å². The fourth-order valence-corrected chi connectivity index (χ4v) is 2.53. The average Bonchev–Trinajstić information content (AvgIpc) is 2.98. The fourth-order valence-electron chi connectivity index (χ4n) is 2.53. The lowest BCUT2D eigenvalue weighted by molar-refractivity contribution is -0.121. The Balaban J connectivity index is 1.87. The van der Waals surface area contributed by atoms with Crippen LogP contribution < -0.4 is 16.6 Å². The van der Waals surface area contributed by atoms with Crippen molar-refractivity contribution < 1.29 is 4.79 Å². The average molecular weight is 327 g/mol. The number of rotatable bonds is 4. The van der Waals surface area contributed by atoms with Crippen molar-refractivity contribution in [2.75, 3.05) is 0 Å². The molecule has 8 heteroatoms. The molecule has 0 radical (unpaired) electrons. The van der Waals surface area contributed by atoms with Crippen LogP contribution >= 0.6 is 0 Å². The molecule has 2 heterocycles. The molecule has 0 aliphatic rings. The van der Waals surface area contributed by atoms with E-state index in [0.717, 1.165) is 10.1 Å². The maximum atomic E-state index is 12.5. The van der Waals surface area contributed by atoms with Gasteiger partial charge in [0.2, 0.25) is 5.91 Å². The largest absolute Gasteiger partial charge is 0.350 e. The highest BCUT2D eigenvalue weighted by atomic mass is 16.2. The molecule has 3 rings (SSSR count). The molecule has 124 valence electrons. The lowest BCUT2D eigenvalue weighted by Gasteiger charge is -2.09. The number of fused-ring (bicyclic) bond motifs is 1. The predicted molar refractivity (Wildman–Crippen MR) is 88.5 cm³/mol. The van der Waals surface area contributed by atoms with E-state index in [9.17, 15) is 14.4 Å². The topological polar surface area (TPSA) is 90.9 Å². The summed E-state index contributed by atoms with van der Waals surface area (Å²) in [6.45, 7) is 0.00214. The van der Waals surface area contributed by atoms with Crippen molar-refractivity contribution in [2.24, 2.45) is 14.1 Å². The summed E-state index contributed by atoms with van der Waals surface area (Å²) in [7, 11) is 3.19. The summed E-state index contributed by atoms with van der Waals surface area (Å²) in [5.74, 6) is -0.403. The molecular weight excluding hydrogens is 310 g/mol. The zero-order valence-corrected chi connectivity index (χ0v) is 13.4. The monoisotopic (exact) mass is 327 g/mol. The third-order valence-corrected chi connectivity index (χ3v) is 3.84. The van der Waals surface area contributed by atoms with Crippen molar-refractivity contribution >= 4 is 17.1 Å². The van der Waals surface area contributed by atoms with E-state index in [-0.39, 0.29) is 12.1 Å². The molecule has 0 aliphatic carbocycles. The Kier molecular flexibility index (Phi) is 4.03. The molecule has 0 atom stereocenters. The zero-order valence-electron chi connectivity index (χ0n) is 13.4. The quantitative estimate of drug-likeness (QED) is 0.715. The summed E-state index contributed by atoms with van der Waals surface area (Å²) in [4.78, 5) is 41.0. The summed E-state index contributed by atoms with van der Waals surface area (Å²) in [6, 6.07) is 9.40. The lowest BCUT2D eigenvalue weighted by Crippen LogP contribution is -2.43. The number of imidazole rings is 1. The summed E-state index contributed by atoms with van der Waals surface area (Å²) in [5, 5.41) is 2.71. The number of amides is 1. The zero-order chi connectivity index (χ0) is 17.3. The van der Waals surface area contributed by atoms with Gasteiger partial charge < -0.3 is 9.88 Å². The molecule has 0 unspecified atom stereocenters. The lowest BCUT2D eigenvalue weighted by atomic mass is 10.2. The van der Waals surface area contributed by atoms with Gasteiger partial charge in [0, 0.05) is 20.6 Å². The van der Waals surface area contributed by atoms with Gasteiger partial charge in [-0.15, -0.1) is 0 Å². The van der Waals surface area contributed by atoms with E-state index in [4.69, 9.17) is 0 Å². The molecule has 2 aromatic heterocycles. The van der Waals surface area contributed by atoms with Crippen LogP contribution in [-0.2, 0) is 32.0 Å². The van der Waals surface area contributed by atoms with Gasteiger partial charge in [-0.25, -0.2) is 14.3 Å². The first-order valence-corrected chi connectivity index (χ1v) is 7.40. The van der Waals surface area contributed by atoms with Crippen molar-refractivity contribution in [3.63, 3.8) is 0 Å². The summed E-state index contributed by atoms with van der Waals surface area (Å²) < 4.78 is 3.72. The number of aromatic nitrogens is 4. The van der Waals surface area contributed by atoms with Gasteiger partial charge in [0.1, 0.15) is 6.54 Å². The standard InChI is InChI=1S/C16H17N5O3/c1-19-10-18-14-13(19)15(23)21(16(24)20(14)2)9-12(22)17-8-11-6-4-3-5-7-11/h3-7,10H,8-9H2,1-2H3,(H,17,22). The third-order valence-electron chi connectivity index (χ3n) is 3.84. The van der Waals surface area contributed by atoms with Gasteiger partial charge in [-0.2, -0.15) is 0 Å². The summed E-state index contributed by atoms with van der Waals surface area (Å²) in [6.07, 6.45) is 1.46. The Morgan fingerprint density at radius 2 is 1.88 bits per heavy atom. The van der Waals surface area contributed by atoms with Crippen LogP contribution in [0.25, 0.3) is 11.2 Å². The second kappa shape index (κ2) is 6.15. The highest BCUT2D eigenvalue weighted by molar-refractivity contribution is 5.76. The second-order valence-electron chi connectivity index (χ2n) is 5.52. The number of nitrogens with one attached hydrogen (secondary N) is 1. The van der Waals surface area contributed by atoms with Crippen LogP contribution in [0.1, 0.15) is 5.56 Å². The van der Waals surface area contributed by atoms with Crippen molar-refractivity contribution in [3.8, 4) is 0 Å². The maximum Gasteiger partial charge on any atom is 0.332 e. The van der Waals surface area contributed by atoms with Gasteiger partial charge in [0.05, 0.1) is 6.33 Å². The number of nitrogens with zero attached hydrogens (tertiary/aromatic N) is 4. The van der Waals surface area contributed by atoms with Crippen LogP contribution in [0.4, 0.5) is 0 Å². The van der Waals surface area contributed by atoms with Gasteiger partial charge in [-0.1, -0.05) is 30.3 Å². The van der Waals surface area contributed by atoms with Crippen molar-refractivity contribution in [3.05, 3.63) is 63.1 Å². The first-order valence-electron chi connectivity index (χ1n) is 7.40. The van der Waals surface area contributed by atoms with Crippen LogP contribution in [0, 0.1) is 0 Å². The molecule has 24 heavy (non-hydrogen) atoms. The number of benzene rings is 1. The molecule has 0 aliphatic heterocycles. The van der Waals surface area contributed by atoms with E-state index in [1.807, 2.05) is 30.3 Å². The Morgan fingerprint density at radius 3 is 2.58 bits per heavy atom. The molecule has 0 spiro atoms. The van der Waals surface area contributed by atoms with E-state index in [1.165, 1.54) is 22.5 Å². The van der Waals surface area contributed by atoms with Gasteiger partial charge in [0.15, 0.2) is 11.2 Å². The van der Waals surface area contributed by atoms with Crippen LogP contribution in [0.3, 0.4) is 0 Å². The van der Waals surface area contributed by atoms with Gasteiger partial charge in [-0.3, -0.25) is 14.2 Å². The van der Waals surface area contributed by atoms with Crippen LogP contribution in [0.2, 0.25) is 0 Å². The van der Waals surface area contributed by atoms with Crippen molar-refractivity contribution in [1.82, 2.24) is 24.0 Å². The minimum Gasteiger partial charge on any atom is -0.350 e. The molecule has 0 saturated carbocycles. The minimum absolute atomic E-state index is 0.285. The molecule has 1 amide bonds. The first kappa shape index (κ1) is 15.7.